The number of rotatable bonds is 7. The van der Waals surface area contributed by atoms with Crippen LogP contribution in [0.1, 0.15) is 39.5 Å². The summed E-state index contributed by atoms with van der Waals surface area (Å²) in [6.07, 6.45) is 0. The first-order valence-electron chi connectivity index (χ1n) is 8.72. The van der Waals surface area contributed by atoms with E-state index in [-0.39, 0.29) is 17.4 Å². The number of aromatic nitrogens is 3. The molecule has 3 aromatic rings. The van der Waals surface area contributed by atoms with Crippen molar-refractivity contribution in [2.75, 3.05) is 5.75 Å². The Morgan fingerprint density at radius 2 is 1.72 bits per heavy atom. The number of amides is 1. The van der Waals surface area contributed by atoms with E-state index >= 15 is 0 Å². The first-order valence-corrected chi connectivity index (χ1v) is 10.5. The first kappa shape index (κ1) is 21.2. The van der Waals surface area contributed by atoms with Crippen molar-refractivity contribution in [2.45, 2.75) is 18.1 Å². The zero-order valence-corrected chi connectivity index (χ0v) is 18.1. The van der Waals surface area contributed by atoms with Crippen LogP contribution >= 0.6 is 27.7 Å². The van der Waals surface area contributed by atoms with Crippen molar-refractivity contribution in [3.8, 4) is 0 Å². The van der Waals surface area contributed by atoms with Crippen molar-refractivity contribution in [3.05, 3.63) is 75.8 Å². The highest BCUT2D eigenvalue weighted by molar-refractivity contribution is 9.10. The van der Waals surface area contributed by atoms with E-state index in [1.165, 1.54) is 36.0 Å². The van der Waals surface area contributed by atoms with Crippen molar-refractivity contribution < 1.29 is 14.0 Å². The molecule has 0 radical (unpaired) electrons. The minimum absolute atomic E-state index is 0.00953. The van der Waals surface area contributed by atoms with E-state index in [2.05, 4.69) is 31.4 Å². The first-order chi connectivity index (χ1) is 13.8. The molecule has 9 heteroatoms. The van der Waals surface area contributed by atoms with Crippen LogP contribution in [0.5, 0.6) is 0 Å². The molecule has 1 aromatic heterocycles. The van der Waals surface area contributed by atoms with E-state index in [0.29, 0.717) is 22.1 Å². The molecule has 1 N–H and O–H groups in total. The Balaban J connectivity index is 1.62. The van der Waals surface area contributed by atoms with Crippen molar-refractivity contribution in [3.63, 3.8) is 0 Å². The highest BCUT2D eigenvalue weighted by Gasteiger charge is 2.19. The molecule has 0 aliphatic heterocycles. The summed E-state index contributed by atoms with van der Waals surface area (Å²) >= 11 is 4.63. The maximum absolute atomic E-state index is 13.0. The van der Waals surface area contributed by atoms with Gasteiger partial charge in [-0.25, -0.2) is 4.39 Å². The largest absolute Gasteiger partial charge is 0.342 e. The zero-order valence-electron chi connectivity index (χ0n) is 15.7. The molecule has 0 saturated carbocycles. The zero-order chi connectivity index (χ0) is 21.0. The van der Waals surface area contributed by atoms with Gasteiger partial charge in [-0.05, 0) is 43.3 Å². The smallest absolute Gasteiger partial charge is 0.251 e. The van der Waals surface area contributed by atoms with Crippen LogP contribution in [-0.4, -0.2) is 32.2 Å². The van der Waals surface area contributed by atoms with Crippen molar-refractivity contribution >= 4 is 39.4 Å². The number of nitrogens with one attached hydrogen (secondary N) is 1. The van der Waals surface area contributed by atoms with E-state index in [0.717, 1.165) is 4.47 Å². The predicted molar refractivity (Wildman–Crippen MR) is 112 cm³/mol. The fraction of sp³-hybridized carbons (Fsp3) is 0.200. The van der Waals surface area contributed by atoms with E-state index in [1.807, 2.05) is 12.1 Å². The van der Waals surface area contributed by atoms with Crippen LogP contribution < -0.4 is 5.32 Å². The highest BCUT2D eigenvalue weighted by atomic mass is 79.9. The fourth-order valence-electron chi connectivity index (χ4n) is 2.62. The molecule has 0 fully saturated rings. The van der Waals surface area contributed by atoms with Crippen LogP contribution in [0.2, 0.25) is 0 Å². The van der Waals surface area contributed by atoms with Gasteiger partial charge in [0.15, 0.2) is 16.8 Å². The van der Waals surface area contributed by atoms with E-state index in [1.54, 1.807) is 30.7 Å². The van der Waals surface area contributed by atoms with Crippen molar-refractivity contribution in [1.82, 2.24) is 20.1 Å². The van der Waals surface area contributed by atoms with Gasteiger partial charge < -0.3 is 9.88 Å². The Hall–Kier alpha value is -2.52. The fourth-order valence-corrected chi connectivity index (χ4v) is 3.70. The standard InChI is InChI=1S/C20H18BrFN4O2S/c1-12(23-19(28)14-5-9-16(22)10-6-14)18-24-25-20(26(18)2)29-11-17(27)13-3-7-15(21)8-4-13/h3-10,12H,11H2,1-2H3,(H,23,28)/t12-/m0/s1. The molecule has 6 nitrogen and oxygen atoms in total. The molecule has 0 aliphatic carbocycles. The SMILES string of the molecule is C[C@H](NC(=O)c1ccc(F)cc1)c1nnc(SCC(=O)c2ccc(Br)cc2)n1C. The topological polar surface area (TPSA) is 76.9 Å². The van der Waals surface area contributed by atoms with Gasteiger partial charge in [0.05, 0.1) is 11.8 Å². The summed E-state index contributed by atoms with van der Waals surface area (Å²) in [5.74, 6) is 0.0374. The predicted octanol–water partition coefficient (Wildman–Crippen LogP) is 4.18. The molecule has 150 valence electrons. The highest BCUT2D eigenvalue weighted by Crippen LogP contribution is 2.21. The number of halogens is 2. The number of benzene rings is 2. The molecule has 1 heterocycles. The number of hydrogen-bond donors (Lipinski definition) is 1. The average molecular weight is 477 g/mol. The molecule has 1 amide bonds. The minimum Gasteiger partial charge on any atom is -0.342 e. The lowest BCUT2D eigenvalue weighted by Gasteiger charge is -2.13. The van der Waals surface area contributed by atoms with Gasteiger partial charge in [0, 0.05) is 22.6 Å². The van der Waals surface area contributed by atoms with Gasteiger partial charge in [0.25, 0.3) is 5.91 Å². The summed E-state index contributed by atoms with van der Waals surface area (Å²) in [4.78, 5) is 24.6. The number of Topliss-reactive ketones (excluding diaryl/α,β-unsaturated/α-hetero) is 1. The number of nitrogens with zero attached hydrogens (tertiary/aromatic N) is 3. The van der Waals surface area contributed by atoms with Crippen molar-refractivity contribution in [2.24, 2.45) is 7.05 Å². The van der Waals surface area contributed by atoms with Gasteiger partial charge in [0.1, 0.15) is 5.82 Å². The minimum atomic E-state index is -0.415. The van der Waals surface area contributed by atoms with Gasteiger partial charge in [-0.15, -0.1) is 10.2 Å². The maximum atomic E-state index is 13.0. The van der Waals surface area contributed by atoms with Gasteiger partial charge >= 0.3 is 0 Å². The normalized spacial score (nSPS) is 11.9. The molecule has 1 atom stereocenters. The molecule has 2 aromatic carbocycles. The molecule has 0 unspecified atom stereocenters. The lowest BCUT2D eigenvalue weighted by molar-refractivity contribution is 0.0937. The Bertz CT molecular complexity index is 1020. The quantitative estimate of drug-likeness (QED) is 0.408. The molecule has 3 rings (SSSR count). The van der Waals surface area contributed by atoms with E-state index < -0.39 is 11.9 Å². The summed E-state index contributed by atoms with van der Waals surface area (Å²) in [5.41, 5.74) is 0.984. The maximum Gasteiger partial charge on any atom is 0.251 e. The van der Waals surface area contributed by atoms with Gasteiger partial charge in [-0.3, -0.25) is 9.59 Å². The van der Waals surface area contributed by atoms with Crippen LogP contribution in [0.3, 0.4) is 0 Å². The summed E-state index contributed by atoms with van der Waals surface area (Å²) in [6.45, 7) is 1.78. The second-order valence-electron chi connectivity index (χ2n) is 6.32. The van der Waals surface area contributed by atoms with Gasteiger partial charge in [-0.1, -0.05) is 39.8 Å². The average Bonchev–Trinajstić information content (AvgIpc) is 3.07. The molecule has 0 aliphatic rings. The van der Waals surface area contributed by atoms with E-state index in [9.17, 15) is 14.0 Å². The Morgan fingerprint density at radius 1 is 1.10 bits per heavy atom. The Kier molecular flexibility index (Phi) is 6.81. The third-order valence-electron chi connectivity index (χ3n) is 4.21. The molecule has 0 spiro atoms. The molecule has 29 heavy (non-hydrogen) atoms. The lowest BCUT2D eigenvalue weighted by atomic mass is 10.2. The molecule has 0 bridgehead atoms. The summed E-state index contributed by atoms with van der Waals surface area (Å²) in [7, 11) is 1.78. The lowest BCUT2D eigenvalue weighted by Crippen LogP contribution is -2.28. The van der Waals surface area contributed by atoms with Crippen LogP contribution in [0, 0.1) is 5.82 Å². The second kappa shape index (κ2) is 9.32. The Morgan fingerprint density at radius 3 is 2.38 bits per heavy atom. The number of hydrogen-bond acceptors (Lipinski definition) is 5. The van der Waals surface area contributed by atoms with Crippen LogP contribution in [0.25, 0.3) is 0 Å². The number of thioether (sulfide) groups is 1. The monoisotopic (exact) mass is 476 g/mol. The number of ketones is 1. The summed E-state index contributed by atoms with van der Waals surface area (Å²) in [6, 6.07) is 12.1. The van der Waals surface area contributed by atoms with Crippen LogP contribution in [0.15, 0.2) is 58.2 Å². The van der Waals surface area contributed by atoms with Crippen molar-refractivity contribution in [1.29, 1.82) is 0 Å². The summed E-state index contributed by atoms with van der Waals surface area (Å²) in [5, 5.41) is 11.7. The summed E-state index contributed by atoms with van der Waals surface area (Å²) < 4.78 is 15.7. The third kappa shape index (κ3) is 5.30. The van der Waals surface area contributed by atoms with Crippen LogP contribution in [-0.2, 0) is 7.05 Å². The van der Waals surface area contributed by atoms with Gasteiger partial charge in [0.2, 0.25) is 0 Å². The molecule has 0 saturated heterocycles. The molecular formula is C20H18BrFN4O2S. The molecular weight excluding hydrogens is 459 g/mol. The third-order valence-corrected chi connectivity index (χ3v) is 5.76. The number of carbonyl (C=O) groups excluding carboxylic acids is 2. The van der Waals surface area contributed by atoms with Gasteiger partial charge in [-0.2, -0.15) is 0 Å². The second-order valence-corrected chi connectivity index (χ2v) is 8.18. The number of carbonyl (C=O) groups is 2. The van der Waals surface area contributed by atoms with Crippen LogP contribution in [0.4, 0.5) is 4.39 Å². The van der Waals surface area contributed by atoms with E-state index in [4.69, 9.17) is 0 Å². The Labute approximate surface area is 180 Å².